The summed E-state index contributed by atoms with van der Waals surface area (Å²) in [6.07, 6.45) is 1.92. The van der Waals surface area contributed by atoms with Crippen LogP contribution in [0.15, 0.2) is 188 Å². The molecule has 5 nitrogen and oxygen atoms in total. The van der Waals surface area contributed by atoms with Crippen LogP contribution in [0, 0.1) is 18.8 Å². The molecule has 8 aromatic carbocycles. The number of rotatable bonds is 8. The fourth-order valence-electron chi connectivity index (χ4n) is 9.92. The quantitative estimate of drug-likeness (QED) is 0.142. The molecule has 2 aromatic heterocycles. The van der Waals surface area contributed by atoms with Gasteiger partial charge in [0.15, 0.2) is 0 Å². The zero-order valence-corrected chi connectivity index (χ0v) is 44.8. The summed E-state index contributed by atoms with van der Waals surface area (Å²) in [4.78, 5) is 9.60. The van der Waals surface area contributed by atoms with Crippen LogP contribution in [0.4, 0.5) is 22.7 Å². The smallest absolute Gasteiger partial charge is 0.135 e. The van der Waals surface area contributed by atoms with E-state index in [0.29, 0.717) is 11.5 Å². The number of anilines is 4. The minimum Gasteiger partial charge on any atom is -0.509 e. The van der Waals surface area contributed by atoms with E-state index in [1.807, 2.05) is 24.4 Å². The Kier molecular flexibility index (Phi) is 12.6. The summed E-state index contributed by atoms with van der Waals surface area (Å²) in [6.45, 7) is 22.6. The van der Waals surface area contributed by atoms with E-state index in [9.17, 15) is 0 Å². The molecule has 0 unspecified atom stereocenters. The van der Waals surface area contributed by atoms with Crippen molar-refractivity contribution in [1.29, 1.82) is 0 Å². The molecule has 6 heteroatoms. The van der Waals surface area contributed by atoms with E-state index in [2.05, 4.69) is 259 Å². The van der Waals surface area contributed by atoms with Gasteiger partial charge in [-0.1, -0.05) is 195 Å². The molecule has 1 aliphatic heterocycles. The predicted molar refractivity (Wildman–Crippen MR) is 297 cm³/mol. The third-order valence-electron chi connectivity index (χ3n) is 13.8. The molecule has 10 aromatic rings. The number of nitrogens with zero attached hydrogens (tertiary/aromatic N) is 4. The van der Waals surface area contributed by atoms with Crippen molar-refractivity contribution in [3.05, 3.63) is 224 Å². The van der Waals surface area contributed by atoms with E-state index in [1.54, 1.807) is 0 Å². The average molecular weight is 1120 g/mol. The second kappa shape index (κ2) is 18.8. The van der Waals surface area contributed by atoms with Crippen molar-refractivity contribution in [3.63, 3.8) is 0 Å². The van der Waals surface area contributed by atoms with Crippen molar-refractivity contribution in [3.8, 4) is 50.7 Å². The van der Waals surface area contributed by atoms with E-state index in [-0.39, 0.29) is 37.3 Å². The number of pyridine rings is 1. The molecule has 0 radical (unpaired) electrons. The van der Waals surface area contributed by atoms with Gasteiger partial charge in [0.05, 0.1) is 0 Å². The Morgan fingerprint density at radius 1 is 0.458 bits per heavy atom. The predicted octanol–water partition coefficient (Wildman–Crippen LogP) is 17.9. The van der Waals surface area contributed by atoms with Gasteiger partial charge in [0.1, 0.15) is 5.82 Å². The molecule has 0 spiro atoms. The molecule has 1 aliphatic rings. The molecular formula is C66H59N4OPt-3. The van der Waals surface area contributed by atoms with Gasteiger partial charge in [0, 0.05) is 78.0 Å². The Labute approximate surface area is 440 Å². The molecule has 3 heterocycles. The number of hydrogen-bond donors (Lipinski definition) is 0. The van der Waals surface area contributed by atoms with Gasteiger partial charge >= 0.3 is 0 Å². The first kappa shape index (κ1) is 48.4. The van der Waals surface area contributed by atoms with Crippen LogP contribution in [0.25, 0.3) is 61.0 Å². The van der Waals surface area contributed by atoms with E-state index >= 15 is 0 Å². The van der Waals surface area contributed by atoms with Crippen molar-refractivity contribution in [2.45, 2.75) is 78.6 Å². The molecular weight excluding hydrogens is 1060 g/mol. The average Bonchev–Trinajstić information content (AvgIpc) is 3.92. The molecule has 11 rings (SSSR count). The summed E-state index contributed by atoms with van der Waals surface area (Å²) >= 11 is 0. The summed E-state index contributed by atoms with van der Waals surface area (Å²) in [5.74, 6) is 2.03. The normalized spacial score (nSPS) is 12.8. The van der Waals surface area contributed by atoms with E-state index in [0.717, 1.165) is 83.8 Å². The Hall–Kier alpha value is -7.20. The first-order chi connectivity index (χ1) is 34.1. The molecule has 0 aliphatic carbocycles. The number of para-hydroxylation sites is 2. The third kappa shape index (κ3) is 9.05. The minimum atomic E-state index is -0.0482. The number of fused-ring (bicyclic) bond motifs is 4. The third-order valence-corrected chi connectivity index (χ3v) is 13.8. The number of benzene rings is 8. The van der Waals surface area contributed by atoms with Gasteiger partial charge in [-0.2, -0.15) is 12.1 Å². The number of hydrogen-bond acceptors (Lipinski definition) is 4. The van der Waals surface area contributed by atoms with Crippen LogP contribution in [0.5, 0.6) is 11.5 Å². The molecule has 362 valence electrons. The zero-order valence-electron chi connectivity index (χ0n) is 42.5. The Morgan fingerprint density at radius 3 is 1.69 bits per heavy atom. The fourth-order valence-corrected chi connectivity index (χ4v) is 9.92. The van der Waals surface area contributed by atoms with Crippen molar-refractivity contribution >= 4 is 44.6 Å². The summed E-state index contributed by atoms with van der Waals surface area (Å²) in [5, 5.41) is 2.25. The molecule has 0 fully saturated rings. The molecule has 0 atom stereocenters. The summed E-state index contributed by atoms with van der Waals surface area (Å²) < 4.78 is 9.05. The topological polar surface area (TPSA) is 33.5 Å². The summed E-state index contributed by atoms with van der Waals surface area (Å²) in [7, 11) is 0. The fraction of sp³-hybridized carbons (Fsp3) is 0.182. The minimum absolute atomic E-state index is 0. The maximum Gasteiger partial charge on any atom is 0.135 e. The Balaban J connectivity index is 0.00000596. The van der Waals surface area contributed by atoms with E-state index in [1.165, 1.54) is 16.7 Å². The van der Waals surface area contributed by atoms with Crippen LogP contribution in [0.3, 0.4) is 0 Å². The first-order valence-electron chi connectivity index (χ1n) is 24.7. The van der Waals surface area contributed by atoms with E-state index in [4.69, 9.17) is 9.72 Å². The first-order valence-corrected chi connectivity index (χ1v) is 24.7. The molecule has 0 saturated carbocycles. The van der Waals surface area contributed by atoms with Crippen LogP contribution >= 0.6 is 0 Å². The molecule has 0 bridgehead atoms. The largest absolute Gasteiger partial charge is 0.509 e. The van der Waals surface area contributed by atoms with Gasteiger partial charge in [0.25, 0.3) is 0 Å². The van der Waals surface area contributed by atoms with Crippen LogP contribution in [-0.4, -0.2) is 9.55 Å². The second-order valence-electron chi connectivity index (χ2n) is 21.9. The van der Waals surface area contributed by atoms with Crippen molar-refractivity contribution < 1.29 is 25.8 Å². The summed E-state index contributed by atoms with van der Waals surface area (Å²) in [5.41, 5.74) is 16.6. The van der Waals surface area contributed by atoms with E-state index < -0.39 is 0 Å². The van der Waals surface area contributed by atoms with Gasteiger partial charge in [-0.15, -0.1) is 48.1 Å². The number of ether oxygens (including phenoxy) is 1. The van der Waals surface area contributed by atoms with Crippen LogP contribution < -0.4 is 14.5 Å². The van der Waals surface area contributed by atoms with Crippen LogP contribution in [0.2, 0.25) is 0 Å². The summed E-state index contributed by atoms with van der Waals surface area (Å²) in [6, 6.07) is 72.6. The van der Waals surface area contributed by atoms with Gasteiger partial charge in [-0.3, -0.25) is 0 Å². The molecule has 72 heavy (non-hydrogen) atoms. The maximum absolute atomic E-state index is 6.82. The second-order valence-corrected chi connectivity index (χ2v) is 21.9. The van der Waals surface area contributed by atoms with Crippen LogP contribution in [0.1, 0.15) is 79.0 Å². The number of aromatic nitrogens is 2. The standard InChI is InChI=1S/C66H59N4O.Pt/c1-64(2,3)47-25-16-24-46(38-47)55-30-19-31-59-63(55)69(62-53(44-20-12-10-13-21-44)28-18-29-54(62)45-22-14-11-15-23-45)43-68(59)50-26-17-27-51(41-50)71-52-33-34-56-57-39-48(65(4,5)6)32-35-58(57)70(60(56)42-52)61-40-49(36-37-67-61)66(7,8)9;/h10-40,43H,1-9H3;/q-3;. The van der Waals surface area contributed by atoms with Crippen LogP contribution in [-0.2, 0) is 37.3 Å². The molecule has 0 amide bonds. The maximum atomic E-state index is 6.82. The van der Waals surface area contributed by atoms with Crippen molar-refractivity contribution in [2.75, 3.05) is 9.80 Å². The molecule has 0 saturated heterocycles. The van der Waals surface area contributed by atoms with Crippen molar-refractivity contribution in [2.24, 2.45) is 0 Å². The zero-order chi connectivity index (χ0) is 49.2. The van der Waals surface area contributed by atoms with Gasteiger partial charge in [-0.05, 0) is 79.3 Å². The Morgan fingerprint density at radius 2 is 1.03 bits per heavy atom. The van der Waals surface area contributed by atoms with Gasteiger partial charge in [0.2, 0.25) is 0 Å². The van der Waals surface area contributed by atoms with Gasteiger partial charge < -0.3 is 19.1 Å². The monoisotopic (exact) mass is 1120 g/mol. The molecule has 0 N–H and O–H groups in total. The van der Waals surface area contributed by atoms with Crippen molar-refractivity contribution in [1.82, 2.24) is 9.55 Å². The Bertz CT molecular complexity index is 3550. The SMILES string of the molecule is CC(C)(C)c1cccc(-c2cccc3c2N(c2c(-c4ccccc4)cccc2-c2ccccc2)[CH-]N3c2[c-]c(Oc3[c-]c4c(cc3)c3cc(C(C)(C)C)ccc3n4-c3cc(C(C)(C)C)ccn3)ccc2)c1.[Pt]. The van der Waals surface area contributed by atoms with Gasteiger partial charge in [-0.25, -0.2) is 4.98 Å².